The van der Waals surface area contributed by atoms with Gasteiger partial charge in [-0.25, -0.2) is 13.1 Å². The van der Waals surface area contributed by atoms with Gasteiger partial charge in [-0.3, -0.25) is 9.69 Å². The molecule has 1 unspecified atom stereocenters. The predicted octanol–water partition coefficient (Wildman–Crippen LogP) is 2.13. The van der Waals surface area contributed by atoms with Gasteiger partial charge in [-0.05, 0) is 50.5 Å². The van der Waals surface area contributed by atoms with Crippen molar-refractivity contribution in [3.8, 4) is 0 Å². The van der Waals surface area contributed by atoms with Crippen molar-refractivity contribution < 1.29 is 17.6 Å². The number of hydrogen-bond acceptors (Lipinski definition) is 5. The maximum Gasteiger partial charge on any atom is 0.240 e. The zero-order chi connectivity index (χ0) is 19.2. The maximum atomic E-state index is 12.2. The monoisotopic (exact) mass is 443 g/mol. The molecule has 0 saturated carbocycles. The molecule has 1 aromatic heterocycles. The summed E-state index contributed by atoms with van der Waals surface area (Å²) >= 11 is 3.26. The van der Waals surface area contributed by atoms with Gasteiger partial charge in [-0.15, -0.1) is 0 Å². The number of hydrogen-bond donors (Lipinski definition) is 2. The topological polar surface area (TPSA) is 91.7 Å². The summed E-state index contributed by atoms with van der Waals surface area (Å²) in [4.78, 5) is 14.1. The average Bonchev–Trinajstić information content (AvgIpc) is 3.09. The molecule has 9 heteroatoms. The molecule has 7 nitrogen and oxygen atoms in total. The summed E-state index contributed by atoms with van der Waals surface area (Å²) in [5.41, 5.74) is 0. The van der Waals surface area contributed by atoms with E-state index < -0.39 is 10.0 Å². The van der Waals surface area contributed by atoms with Crippen LogP contribution in [0.2, 0.25) is 0 Å². The standard InChI is InChI=1S/C17H22BrN3O4S/c1-21(2)15(16-4-3-11-25-16)12-19-17(22)9-10-20-26(23,24)14-7-5-13(18)6-8-14/h3-8,11,15,20H,9-10,12H2,1-2H3,(H,19,22). The van der Waals surface area contributed by atoms with Crippen molar-refractivity contribution in [1.29, 1.82) is 0 Å². The number of halogens is 1. The molecule has 1 atom stereocenters. The smallest absolute Gasteiger partial charge is 0.240 e. The Hall–Kier alpha value is -1.68. The second-order valence-corrected chi connectivity index (χ2v) is 8.58. The van der Waals surface area contributed by atoms with E-state index in [1.54, 1.807) is 24.5 Å². The van der Waals surface area contributed by atoms with Gasteiger partial charge in [0.15, 0.2) is 0 Å². The van der Waals surface area contributed by atoms with Gasteiger partial charge >= 0.3 is 0 Å². The number of likely N-dealkylation sites (N-methyl/N-ethyl adjacent to an activating group) is 1. The molecule has 2 rings (SSSR count). The lowest BCUT2D eigenvalue weighted by Crippen LogP contribution is -2.36. The average molecular weight is 444 g/mol. The van der Waals surface area contributed by atoms with E-state index >= 15 is 0 Å². The number of carbonyl (C=O) groups excluding carboxylic acids is 1. The molecule has 0 aliphatic carbocycles. The molecular formula is C17H22BrN3O4S. The molecule has 0 bridgehead atoms. The fraction of sp³-hybridized carbons (Fsp3) is 0.353. The summed E-state index contributed by atoms with van der Waals surface area (Å²) in [6.07, 6.45) is 1.64. The highest BCUT2D eigenvalue weighted by Crippen LogP contribution is 2.17. The second-order valence-electron chi connectivity index (χ2n) is 5.90. The Balaban J connectivity index is 1.80. The van der Waals surface area contributed by atoms with Gasteiger partial charge in [0.25, 0.3) is 0 Å². The van der Waals surface area contributed by atoms with Crippen LogP contribution in [-0.4, -0.2) is 46.4 Å². The zero-order valence-electron chi connectivity index (χ0n) is 14.6. The molecule has 0 radical (unpaired) electrons. The lowest BCUT2D eigenvalue weighted by Gasteiger charge is -2.22. The molecule has 0 aliphatic heterocycles. The normalized spacial score (nSPS) is 12.9. The minimum absolute atomic E-state index is 0.0254. The van der Waals surface area contributed by atoms with E-state index in [0.717, 1.165) is 10.2 Å². The van der Waals surface area contributed by atoms with Crippen LogP contribution in [0.15, 0.2) is 56.4 Å². The Bertz CT molecular complexity index is 805. The van der Waals surface area contributed by atoms with E-state index in [-0.39, 0.29) is 29.8 Å². The van der Waals surface area contributed by atoms with Crippen molar-refractivity contribution in [3.63, 3.8) is 0 Å². The third kappa shape index (κ3) is 5.94. The fourth-order valence-electron chi connectivity index (χ4n) is 2.31. The lowest BCUT2D eigenvalue weighted by atomic mass is 10.2. The SMILES string of the molecule is CN(C)C(CNC(=O)CCNS(=O)(=O)c1ccc(Br)cc1)c1ccco1. The molecule has 2 N–H and O–H groups in total. The van der Waals surface area contributed by atoms with Crippen molar-refractivity contribution in [2.24, 2.45) is 0 Å². The van der Waals surface area contributed by atoms with Crippen LogP contribution in [0.5, 0.6) is 0 Å². The van der Waals surface area contributed by atoms with Gasteiger partial charge < -0.3 is 9.73 Å². The summed E-state index contributed by atoms with van der Waals surface area (Å²) in [6, 6.07) is 9.85. The van der Waals surface area contributed by atoms with Gasteiger partial charge in [0.05, 0.1) is 17.2 Å². The molecule has 26 heavy (non-hydrogen) atoms. The van der Waals surface area contributed by atoms with Crippen LogP contribution in [-0.2, 0) is 14.8 Å². The van der Waals surface area contributed by atoms with Gasteiger partial charge in [0.2, 0.25) is 15.9 Å². The van der Waals surface area contributed by atoms with Crippen molar-refractivity contribution in [1.82, 2.24) is 14.9 Å². The first-order valence-electron chi connectivity index (χ1n) is 8.01. The Labute approximate surface area is 161 Å². The summed E-state index contributed by atoms with van der Waals surface area (Å²) in [5, 5.41) is 2.80. The summed E-state index contributed by atoms with van der Waals surface area (Å²) in [7, 11) is 0.162. The number of sulfonamides is 1. The number of rotatable bonds is 9. The van der Waals surface area contributed by atoms with Crippen LogP contribution in [0.1, 0.15) is 18.2 Å². The number of benzene rings is 1. The zero-order valence-corrected chi connectivity index (χ0v) is 17.0. The van der Waals surface area contributed by atoms with Crippen molar-refractivity contribution >= 4 is 31.9 Å². The molecule has 1 aromatic carbocycles. The quantitative estimate of drug-likeness (QED) is 0.619. The van der Waals surface area contributed by atoms with E-state index in [0.29, 0.717) is 6.54 Å². The van der Waals surface area contributed by atoms with Crippen LogP contribution in [0.25, 0.3) is 0 Å². The number of nitrogens with one attached hydrogen (secondary N) is 2. The van der Waals surface area contributed by atoms with E-state index in [1.807, 2.05) is 25.1 Å². The second kappa shape index (κ2) is 9.31. The van der Waals surface area contributed by atoms with Gasteiger partial charge in [0, 0.05) is 24.0 Å². The largest absolute Gasteiger partial charge is 0.468 e. The molecule has 1 amide bonds. The Kier molecular flexibility index (Phi) is 7.39. The van der Waals surface area contributed by atoms with Crippen molar-refractivity contribution in [2.75, 3.05) is 27.2 Å². The summed E-state index contributed by atoms with van der Waals surface area (Å²) in [5.74, 6) is 0.521. The van der Waals surface area contributed by atoms with Gasteiger partial charge in [0.1, 0.15) is 5.76 Å². The molecule has 0 aliphatic rings. The first-order valence-corrected chi connectivity index (χ1v) is 10.3. The first-order chi connectivity index (χ1) is 12.3. The number of amides is 1. The summed E-state index contributed by atoms with van der Waals surface area (Å²) in [6.45, 7) is 0.399. The molecule has 2 aromatic rings. The third-order valence-electron chi connectivity index (χ3n) is 3.76. The molecule has 1 heterocycles. The summed E-state index contributed by atoms with van der Waals surface area (Å²) < 4.78 is 32.9. The minimum atomic E-state index is -3.63. The highest BCUT2D eigenvalue weighted by molar-refractivity contribution is 9.10. The maximum absolute atomic E-state index is 12.2. The fourth-order valence-corrected chi connectivity index (χ4v) is 3.61. The lowest BCUT2D eigenvalue weighted by molar-refractivity contribution is -0.121. The third-order valence-corrected chi connectivity index (χ3v) is 5.76. The van der Waals surface area contributed by atoms with Crippen molar-refractivity contribution in [2.45, 2.75) is 17.4 Å². The highest BCUT2D eigenvalue weighted by atomic mass is 79.9. The molecular weight excluding hydrogens is 422 g/mol. The Morgan fingerprint density at radius 3 is 2.50 bits per heavy atom. The van der Waals surface area contributed by atoms with Crippen LogP contribution in [0.3, 0.4) is 0 Å². The number of carbonyl (C=O) groups is 1. The number of nitrogens with zero attached hydrogens (tertiary/aromatic N) is 1. The van der Waals surface area contributed by atoms with E-state index in [1.165, 1.54) is 12.1 Å². The molecule has 0 saturated heterocycles. The van der Waals surface area contributed by atoms with Crippen LogP contribution in [0.4, 0.5) is 0 Å². The van der Waals surface area contributed by atoms with Gasteiger partial charge in [-0.1, -0.05) is 15.9 Å². The van der Waals surface area contributed by atoms with Crippen LogP contribution >= 0.6 is 15.9 Å². The highest BCUT2D eigenvalue weighted by Gasteiger charge is 2.18. The Morgan fingerprint density at radius 1 is 1.23 bits per heavy atom. The van der Waals surface area contributed by atoms with Crippen LogP contribution < -0.4 is 10.0 Å². The van der Waals surface area contributed by atoms with E-state index in [4.69, 9.17) is 4.42 Å². The first kappa shape index (κ1) is 20.6. The van der Waals surface area contributed by atoms with E-state index in [2.05, 4.69) is 26.0 Å². The minimum Gasteiger partial charge on any atom is -0.468 e. The number of furan rings is 1. The Morgan fingerprint density at radius 2 is 1.92 bits per heavy atom. The van der Waals surface area contributed by atoms with Crippen molar-refractivity contribution in [3.05, 3.63) is 52.9 Å². The van der Waals surface area contributed by atoms with Gasteiger partial charge in [-0.2, -0.15) is 0 Å². The van der Waals surface area contributed by atoms with Crippen LogP contribution in [0, 0.1) is 0 Å². The van der Waals surface area contributed by atoms with E-state index in [9.17, 15) is 13.2 Å². The predicted molar refractivity (Wildman–Crippen MR) is 102 cm³/mol. The molecule has 0 fully saturated rings. The molecule has 0 spiro atoms. The molecule has 142 valence electrons.